The van der Waals surface area contributed by atoms with Crippen molar-refractivity contribution in [1.29, 1.82) is 0 Å². The molecule has 27 heteroatoms. The van der Waals surface area contributed by atoms with Gasteiger partial charge in [-0.15, -0.1) is 15.3 Å². The number of nitrogens with zero attached hydrogens (tertiary/aromatic N) is 4. The van der Waals surface area contributed by atoms with Crippen LogP contribution in [0.25, 0.3) is 21.5 Å². The van der Waals surface area contributed by atoms with Crippen molar-refractivity contribution in [3.05, 3.63) is 66.2 Å². The van der Waals surface area contributed by atoms with Gasteiger partial charge >= 0.3 is 0 Å². The predicted octanol–water partition coefficient (Wildman–Crippen LogP) is 5.19. The first-order chi connectivity index (χ1) is 26.1. The Morgan fingerprint density at radius 1 is 0.596 bits per heavy atom. The van der Waals surface area contributed by atoms with Gasteiger partial charge in [-0.1, -0.05) is 12.1 Å². The summed E-state index contributed by atoms with van der Waals surface area (Å²) in [5.41, 5.74) is -1.58. The number of aromatic hydroxyl groups is 2. The zero-order valence-electron chi connectivity index (χ0n) is 28.3. The number of benzene rings is 5. The zero-order valence-corrected chi connectivity index (χ0v) is 32.4. The van der Waals surface area contributed by atoms with Gasteiger partial charge in [0.25, 0.3) is 50.6 Å². The third kappa shape index (κ3) is 9.84. The molecule has 0 fully saturated rings. The molecule has 22 nitrogen and oxygen atoms in total. The van der Waals surface area contributed by atoms with Crippen molar-refractivity contribution in [3.8, 4) is 17.2 Å². The number of aryl methyl sites for hydroxylation is 1. The minimum Gasteiger partial charge on any atom is -0.507 e. The summed E-state index contributed by atoms with van der Waals surface area (Å²) in [7, 11) is -24.6. The molecule has 0 saturated heterocycles. The Hall–Kier alpha value is -5.23. The average Bonchev–Trinajstić information content (AvgIpc) is 3.07. The fraction of sp³-hybridized carbons (Fsp3) is 0.133. The number of azo groups is 2. The van der Waals surface area contributed by atoms with Crippen molar-refractivity contribution in [2.75, 3.05) is 12.4 Å². The van der Waals surface area contributed by atoms with Crippen LogP contribution in [0.2, 0.25) is 0 Å². The Morgan fingerprint density at radius 2 is 1.18 bits per heavy atom. The van der Waals surface area contributed by atoms with Gasteiger partial charge in [0.15, 0.2) is 5.75 Å². The maximum absolute atomic E-state index is 12.4. The van der Waals surface area contributed by atoms with Crippen molar-refractivity contribution < 1.29 is 79.8 Å². The van der Waals surface area contributed by atoms with Crippen LogP contribution in [0.1, 0.15) is 12.0 Å². The molecule has 0 bridgehead atoms. The molecule has 0 aromatic heterocycles. The van der Waals surface area contributed by atoms with Crippen LogP contribution in [-0.2, 0) is 50.6 Å². The Morgan fingerprint density at radius 3 is 1.75 bits per heavy atom. The quantitative estimate of drug-likeness (QED) is 0.0454. The normalized spacial score (nSPS) is 13.3. The van der Waals surface area contributed by atoms with Crippen molar-refractivity contribution in [2.45, 2.75) is 32.9 Å². The van der Waals surface area contributed by atoms with E-state index in [1.165, 1.54) is 13.0 Å². The van der Waals surface area contributed by atoms with Crippen LogP contribution < -0.4 is 4.74 Å². The standard InChI is InChI=1S/C30H26N4O18S5/c1-15-8-22(32-34-29-27(57(49,50)51)13-20-19(30(29)36)4-2-5-26(20)56(46,47)48)25(52-6-3-7-53(37,38)39)14-21(15)31-33-23-11-17(54(40,41)42)9-16-10-18(55(43,44)45)12-24(35)28(16)23/h2,4-5,8-14,35-36H,3,6-7H2,1H3,(H,37,38,39)(H,40,41,42)(H,43,44,45)(H,46,47,48)(H,49,50,51). The predicted molar refractivity (Wildman–Crippen MR) is 197 cm³/mol. The van der Waals surface area contributed by atoms with E-state index in [0.717, 1.165) is 42.5 Å². The largest absolute Gasteiger partial charge is 0.507 e. The van der Waals surface area contributed by atoms with Gasteiger partial charge in [-0.2, -0.15) is 47.2 Å². The summed E-state index contributed by atoms with van der Waals surface area (Å²) in [6, 6.07) is 9.07. The van der Waals surface area contributed by atoms with Gasteiger partial charge in [0.2, 0.25) is 0 Å². The molecule has 5 rings (SSSR count). The van der Waals surface area contributed by atoms with Crippen LogP contribution in [0.3, 0.4) is 0 Å². The zero-order chi connectivity index (χ0) is 42.5. The lowest BCUT2D eigenvalue weighted by molar-refractivity contribution is 0.317. The van der Waals surface area contributed by atoms with Crippen LogP contribution >= 0.6 is 0 Å². The highest BCUT2D eigenvalue weighted by Crippen LogP contribution is 2.45. The van der Waals surface area contributed by atoms with E-state index < -0.39 is 111 Å². The SMILES string of the molecule is Cc1cc(N=Nc2c(S(=O)(=O)O)cc3c(S(=O)(=O)O)cccc3c2O)c(OCCCS(=O)(=O)O)cc1N=Nc1cc(S(=O)(=O)O)cc2cc(S(=O)(=O)O)cc(O)c12. The van der Waals surface area contributed by atoms with Gasteiger partial charge in [-0.05, 0) is 60.7 Å². The average molecular weight is 891 g/mol. The smallest absolute Gasteiger partial charge is 0.296 e. The molecule has 304 valence electrons. The molecule has 5 aromatic carbocycles. The van der Waals surface area contributed by atoms with Crippen LogP contribution in [0, 0.1) is 6.92 Å². The number of hydrogen-bond acceptors (Lipinski definition) is 17. The lowest BCUT2D eigenvalue weighted by Crippen LogP contribution is -2.08. The summed E-state index contributed by atoms with van der Waals surface area (Å²) < 4.78 is 172. The third-order valence-electron chi connectivity index (χ3n) is 7.77. The second kappa shape index (κ2) is 15.3. The Balaban J connectivity index is 1.68. The Kier molecular flexibility index (Phi) is 11.5. The first-order valence-corrected chi connectivity index (χ1v) is 22.6. The monoisotopic (exact) mass is 890 g/mol. The summed E-state index contributed by atoms with van der Waals surface area (Å²) in [6.45, 7) is 0.981. The summed E-state index contributed by atoms with van der Waals surface area (Å²) in [5.74, 6) is -2.86. The second-order valence-corrected chi connectivity index (χ2v) is 19.0. The lowest BCUT2D eigenvalue weighted by atomic mass is 10.1. The second-order valence-electron chi connectivity index (χ2n) is 11.8. The first-order valence-electron chi connectivity index (χ1n) is 15.2. The lowest BCUT2D eigenvalue weighted by Gasteiger charge is -2.12. The topological polar surface area (TPSA) is 371 Å². The van der Waals surface area contributed by atoms with Crippen LogP contribution in [0.5, 0.6) is 17.2 Å². The molecule has 0 aliphatic rings. The van der Waals surface area contributed by atoms with Crippen molar-refractivity contribution in [1.82, 2.24) is 0 Å². The fourth-order valence-corrected chi connectivity index (χ4v) is 8.15. The third-order valence-corrected chi connectivity index (χ3v) is 12.0. The van der Waals surface area contributed by atoms with Gasteiger partial charge in [0.05, 0.1) is 38.9 Å². The highest BCUT2D eigenvalue weighted by atomic mass is 32.2. The molecule has 57 heavy (non-hydrogen) atoms. The first kappa shape index (κ1) is 42.9. The molecule has 0 atom stereocenters. The molecule has 0 saturated carbocycles. The molecular formula is C30H26N4O18S5. The van der Waals surface area contributed by atoms with Gasteiger partial charge < -0.3 is 14.9 Å². The van der Waals surface area contributed by atoms with Gasteiger partial charge in [-0.3, -0.25) is 22.8 Å². The molecule has 7 N–H and O–H groups in total. The minimum atomic E-state index is -5.29. The van der Waals surface area contributed by atoms with Gasteiger partial charge in [0, 0.05) is 22.9 Å². The molecule has 0 amide bonds. The van der Waals surface area contributed by atoms with Crippen molar-refractivity contribution >= 4 is 94.9 Å². The molecule has 0 unspecified atom stereocenters. The fourth-order valence-electron chi connectivity index (χ4n) is 5.25. The summed E-state index contributed by atoms with van der Waals surface area (Å²) >= 11 is 0. The Bertz CT molecular complexity index is 3130. The van der Waals surface area contributed by atoms with Gasteiger partial charge in [0.1, 0.15) is 32.7 Å². The van der Waals surface area contributed by atoms with E-state index in [1.54, 1.807) is 0 Å². The molecular weight excluding hydrogens is 865 g/mol. The Labute approximate surface area is 322 Å². The van der Waals surface area contributed by atoms with Crippen LogP contribution in [0.4, 0.5) is 22.7 Å². The molecule has 0 aliphatic heterocycles. The summed E-state index contributed by atoms with van der Waals surface area (Å²) in [4.78, 5) is -3.61. The number of hydrogen-bond donors (Lipinski definition) is 7. The summed E-state index contributed by atoms with van der Waals surface area (Å²) in [5, 5.41) is 35.9. The van der Waals surface area contributed by atoms with Gasteiger partial charge in [-0.25, -0.2) is 0 Å². The van der Waals surface area contributed by atoms with E-state index in [-0.39, 0.29) is 45.3 Å². The molecule has 0 radical (unpaired) electrons. The highest BCUT2D eigenvalue weighted by Gasteiger charge is 2.26. The van der Waals surface area contributed by atoms with E-state index in [9.17, 15) is 70.5 Å². The number of phenolic OH excluding ortho intramolecular Hbond substituents is 2. The van der Waals surface area contributed by atoms with E-state index in [2.05, 4.69) is 20.5 Å². The van der Waals surface area contributed by atoms with Crippen molar-refractivity contribution in [3.63, 3.8) is 0 Å². The number of ether oxygens (including phenoxy) is 1. The summed E-state index contributed by atoms with van der Waals surface area (Å²) in [6.07, 6.45) is -0.298. The minimum absolute atomic E-state index is 0.108. The van der Waals surface area contributed by atoms with E-state index in [1.807, 2.05) is 0 Å². The van der Waals surface area contributed by atoms with Crippen LogP contribution in [0.15, 0.2) is 101 Å². The van der Waals surface area contributed by atoms with E-state index in [4.69, 9.17) is 9.29 Å². The number of phenols is 2. The van der Waals surface area contributed by atoms with Crippen LogP contribution in [-0.4, -0.2) is 87.4 Å². The maximum atomic E-state index is 12.4. The molecule has 5 aromatic rings. The molecule has 0 aliphatic carbocycles. The maximum Gasteiger partial charge on any atom is 0.296 e. The van der Waals surface area contributed by atoms with Crippen molar-refractivity contribution in [2.24, 2.45) is 20.5 Å². The molecule has 0 heterocycles. The number of fused-ring (bicyclic) bond motifs is 2. The number of rotatable bonds is 13. The van der Waals surface area contributed by atoms with E-state index >= 15 is 0 Å². The van der Waals surface area contributed by atoms with E-state index in [0.29, 0.717) is 12.1 Å². The molecule has 0 spiro atoms. The highest BCUT2D eigenvalue weighted by molar-refractivity contribution is 7.87.